The molecule has 1 aromatic rings. The van der Waals surface area contributed by atoms with Gasteiger partial charge in [-0.2, -0.15) is 0 Å². The molecule has 0 aliphatic rings. The zero-order valence-electron chi connectivity index (χ0n) is 6.99. The second kappa shape index (κ2) is 3.45. The highest BCUT2D eigenvalue weighted by Gasteiger charge is 2.08. The zero-order chi connectivity index (χ0) is 9.14. The number of aromatic hydroxyl groups is 2. The minimum absolute atomic E-state index is 0.0668. The average molecular weight is 167 g/mol. The van der Waals surface area contributed by atoms with E-state index in [1.54, 1.807) is 0 Å². The van der Waals surface area contributed by atoms with Crippen LogP contribution in [0.2, 0.25) is 0 Å². The molecule has 3 heteroatoms. The van der Waals surface area contributed by atoms with Crippen molar-refractivity contribution in [2.45, 2.75) is 12.8 Å². The smallest absolute Gasteiger partial charge is 0.119 e. The van der Waals surface area contributed by atoms with Gasteiger partial charge in [0, 0.05) is 5.56 Å². The van der Waals surface area contributed by atoms with Gasteiger partial charge in [-0.3, -0.25) is 0 Å². The summed E-state index contributed by atoms with van der Waals surface area (Å²) in [5.41, 5.74) is 6.12. The molecular formula is C9H13NO2. The van der Waals surface area contributed by atoms with Gasteiger partial charge < -0.3 is 15.9 Å². The molecule has 3 nitrogen and oxygen atoms in total. The Kier molecular flexibility index (Phi) is 2.55. The van der Waals surface area contributed by atoms with Gasteiger partial charge in [-0.15, -0.1) is 0 Å². The van der Waals surface area contributed by atoms with Crippen LogP contribution >= 0.6 is 0 Å². The van der Waals surface area contributed by atoms with Crippen molar-refractivity contribution < 1.29 is 10.2 Å². The largest absolute Gasteiger partial charge is 0.508 e. The molecule has 1 aromatic carbocycles. The van der Waals surface area contributed by atoms with Crippen molar-refractivity contribution in [3.05, 3.63) is 23.8 Å². The van der Waals surface area contributed by atoms with E-state index >= 15 is 0 Å². The molecule has 0 spiro atoms. The lowest BCUT2D eigenvalue weighted by Gasteiger charge is -2.10. The van der Waals surface area contributed by atoms with Gasteiger partial charge in [0.2, 0.25) is 0 Å². The van der Waals surface area contributed by atoms with E-state index < -0.39 is 0 Å². The summed E-state index contributed by atoms with van der Waals surface area (Å²) < 4.78 is 0. The second-order valence-corrected chi connectivity index (χ2v) is 2.88. The van der Waals surface area contributed by atoms with Crippen LogP contribution in [-0.2, 0) is 0 Å². The fourth-order valence-electron chi connectivity index (χ4n) is 1.06. The Labute approximate surface area is 71.5 Å². The van der Waals surface area contributed by atoms with E-state index in [0.717, 1.165) is 0 Å². The maximum absolute atomic E-state index is 9.37. The van der Waals surface area contributed by atoms with Crippen LogP contribution in [0.5, 0.6) is 11.5 Å². The standard InChI is InChI=1S/C9H13NO2/c1-6(5-10)8-4-7(11)2-3-9(8)12/h2-4,6,11-12H,5,10H2,1H3. The lowest BCUT2D eigenvalue weighted by molar-refractivity contribution is 0.450. The first-order valence-electron chi connectivity index (χ1n) is 3.87. The quantitative estimate of drug-likeness (QED) is 0.579. The van der Waals surface area contributed by atoms with Gasteiger partial charge in [-0.05, 0) is 30.7 Å². The first kappa shape index (κ1) is 8.87. The predicted molar refractivity (Wildman–Crippen MR) is 47.2 cm³/mol. The summed E-state index contributed by atoms with van der Waals surface area (Å²) in [5.74, 6) is 0.408. The molecule has 4 N–H and O–H groups in total. The van der Waals surface area contributed by atoms with E-state index in [0.29, 0.717) is 12.1 Å². The van der Waals surface area contributed by atoms with Gasteiger partial charge in [-0.1, -0.05) is 6.92 Å². The number of hydrogen-bond acceptors (Lipinski definition) is 3. The molecule has 0 heterocycles. The third kappa shape index (κ3) is 1.68. The van der Waals surface area contributed by atoms with Crippen LogP contribution in [-0.4, -0.2) is 16.8 Å². The highest BCUT2D eigenvalue weighted by Crippen LogP contribution is 2.28. The van der Waals surface area contributed by atoms with E-state index in [2.05, 4.69) is 0 Å². The van der Waals surface area contributed by atoms with Crippen molar-refractivity contribution in [2.24, 2.45) is 5.73 Å². The predicted octanol–water partition coefficient (Wildman–Crippen LogP) is 1.16. The molecule has 0 saturated carbocycles. The minimum atomic E-state index is 0.0668. The fourth-order valence-corrected chi connectivity index (χ4v) is 1.06. The number of phenols is 2. The molecule has 0 fully saturated rings. The Hall–Kier alpha value is -1.22. The van der Waals surface area contributed by atoms with Gasteiger partial charge in [0.1, 0.15) is 11.5 Å². The molecule has 0 radical (unpaired) electrons. The van der Waals surface area contributed by atoms with E-state index in [-0.39, 0.29) is 17.4 Å². The summed E-state index contributed by atoms with van der Waals surface area (Å²) in [5, 5.41) is 18.5. The molecule has 0 aliphatic heterocycles. The average Bonchev–Trinajstić information content (AvgIpc) is 2.08. The lowest BCUT2D eigenvalue weighted by Crippen LogP contribution is -2.08. The molecule has 12 heavy (non-hydrogen) atoms. The third-order valence-electron chi connectivity index (χ3n) is 1.90. The van der Waals surface area contributed by atoms with Gasteiger partial charge >= 0.3 is 0 Å². The maximum Gasteiger partial charge on any atom is 0.119 e. The van der Waals surface area contributed by atoms with Crippen molar-refractivity contribution in [2.75, 3.05) is 6.54 Å². The monoisotopic (exact) mass is 167 g/mol. The van der Waals surface area contributed by atoms with Crippen molar-refractivity contribution in [3.8, 4) is 11.5 Å². The lowest BCUT2D eigenvalue weighted by atomic mass is 10.0. The molecule has 0 bridgehead atoms. The highest BCUT2D eigenvalue weighted by atomic mass is 16.3. The number of hydrogen-bond donors (Lipinski definition) is 3. The summed E-state index contributed by atoms with van der Waals surface area (Å²) >= 11 is 0. The molecule has 1 rings (SSSR count). The van der Waals surface area contributed by atoms with Crippen molar-refractivity contribution >= 4 is 0 Å². The highest BCUT2D eigenvalue weighted by molar-refractivity contribution is 5.40. The topological polar surface area (TPSA) is 66.5 Å². The molecule has 0 aromatic heterocycles. The third-order valence-corrected chi connectivity index (χ3v) is 1.90. The summed E-state index contributed by atoms with van der Waals surface area (Å²) in [6, 6.07) is 4.45. The Bertz CT molecular complexity index is 273. The molecule has 66 valence electrons. The van der Waals surface area contributed by atoms with Crippen LogP contribution in [0.1, 0.15) is 18.4 Å². The van der Waals surface area contributed by atoms with Gasteiger partial charge in [0.05, 0.1) is 0 Å². The molecule has 1 unspecified atom stereocenters. The molecule has 0 aliphatic carbocycles. The second-order valence-electron chi connectivity index (χ2n) is 2.88. The maximum atomic E-state index is 9.37. The molecular weight excluding hydrogens is 154 g/mol. The number of rotatable bonds is 2. The normalized spacial score (nSPS) is 12.8. The van der Waals surface area contributed by atoms with Crippen LogP contribution in [0.15, 0.2) is 18.2 Å². The molecule has 1 atom stereocenters. The van der Waals surface area contributed by atoms with Crippen LogP contribution in [0.25, 0.3) is 0 Å². The Morgan fingerprint density at radius 2 is 2.08 bits per heavy atom. The minimum Gasteiger partial charge on any atom is -0.508 e. The Morgan fingerprint density at radius 3 is 2.67 bits per heavy atom. The van der Waals surface area contributed by atoms with Gasteiger partial charge in [-0.25, -0.2) is 0 Å². The summed E-state index contributed by atoms with van der Waals surface area (Å²) in [7, 11) is 0. The Morgan fingerprint density at radius 1 is 1.42 bits per heavy atom. The van der Waals surface area contributed by atoms with Crippen molar-refractivity contribution in [1.82, 2.24) is 0 Å². The van der Waals surface area contributed by atoms with E-state index in [1.807, 2.05) is 6.92 Å². The van der Waals surface area contributed by atoms with Crippen molar-refractivity contribution in [3.63, 3.8) is 0 Å². The first-order valence-corrected chi connectivity index (χ1v) is 3.87. The molecule has 0 saturated heterocycles. The molecule has 0 amide bonds. The van der Waals surface area contributed by atoms with Crippen LogP contribution in [0, 0.1) is 0 Å². The van der Waals surface area contributed by atoms with E-state index in [1.165, 1.54) is 18.2 Å². The van der Waals surface area contributed by atoms with E-state index in [9.17, 15) is 5.11 Å². The van der Waals surface area contributed by atoms with E-state index in [4.69, 9.17) is 10.8 Å². The fraction of sp³-hybridized carbons (Fsp3) is 0.333. The van der Waals surface area contributed by atoms with Crippen LogP contribution < -0.4 is 5.73 Å². The summed E-state index contributed by atoms with van der Waals surface area (Å²) in [6.45, 7) is 2.35. The zero-order valence-corrected chi connectivity index (χ0v) is 6.99. The number of phenolic OH excluding ortho intramolecular Hbond substituents is 2. The number of nitrogens with two attached hydrogens (primary N) is 1. The SMILES string of the molecule is CC(CN)c1cc(O)ccc1O. The summed E-state index contributed by atoms with van der Waals surface area (Å²) in [6.07, 6.45) is 0. The van der Waals surface area contributed by atoms with Gasteiger partial charge in [0.15, 0.2) is 0 Å². The number of benzene rings is 1. The first-order chi connectivity index (χ1) is 5.65. The Balaban J connectivity index is 3.04. The van der Waals surface area contributed by atoms with Crippen LogP contribution in [0.4, 0.5) is 0 Å². The van der Waals surface area contributed by atoms with Gasteiger partial charge in [0.25, 0.3) is 0 Å². The van der Waals surface area contributed by atoms with Crippen LogP contribution in [0.3, 0.4) is 0 Å². The summed E-state index contributed by atoms with van der Waals surface area (Å²) in [4.78, 5) is 0. The van der Waals surface area contributed by atoms with Crippen molar-refractivity contribution in [1.29, 1.82) is 0 Å².